The van der Waals surface area contributed by atoms with Gasteiger partial charge in [-0.1, -0.05) is 51.5 Å². The predicted molar refractivity (Wildman–Crippen MR) is 160 cm³/mol. The van der Waals surface area contributed by atoms with Crippen molar-refractivity contribution >= 4 is 6.09 Å². The first-order valence-corrected chi connectivity index (χ1v) is 16.9. The van der Waals surface area contributed by atoms with E-state index >= 15 is 0 Å². The van der Waals surface area contributed by atoms with E-state index in [-0.39, 0.29) is 29.3 Å². The Morgan fingerprint density at radius 1 is 1.05 bits per heavy atom. The standard InChI is InChI=1S/C36H48F3NO4/c1-21-11-16-35(42-20-21)22(2)31-30(44-35)18-29-27-10-9-25-17-26(12-14-33(25,3)28(27)13-15-34(29,31)4)43-32(41)40-19-23-5-7-24(8-6-23)36(37,38)39/h5-9,21-22,26-31H,10-20H2,1-4H3,(H,40,41)/t21-,22+,26+,27-,28+,29+,30+,31+,33+,34+,35-/m1/s1. The highest BCUT2D eigenvalue weighted by atomic mass is 19.4. The molecule has 2 saturated heterocycles. The van der Waals surface area contributed by atoms with Gasteiger partial charge in [0.1, 0.15) is 6.10 Å². The molecule has 1 amide bonds. The number of alkyl halides is 3. The molecule has 242 valence electrons. The molecule has 7 rings (SSSR count). The molecule has 5 fully saturated rings. The van der Waals surface area contributed by atoms with E-state index in [9.17, 15) is 18.0 Å². The third-order valence-electron chi connectivity index (χ3n) is 13.3. The number of alkyl carbamates (subject to hydrolysis) is 1. The van der Waals surface area contributed by atoms with Gasteiger partial charge in [0, 0.05) is 25.3 Å². The number of benzene rings is 1. The molecule has 8 heteroatoms. The van der Waals surface area contributed by atoms with E-state index < -0.39 is 17.8 Å². The van der Waals surface area contributed by atoms with Gasteiger partial charge in [0.15, 0.2) is 5.79 Å². The molecule has 4 aliphatic carbocycles. The van der Waals surface area contributed by atoms with Crippen molar-refractivity contribution in [2.24, 2.45) is 46.3 Å². The van der Waals surface area contributed by atoms with E-state index in [1.807, 2.05) is 0 Å². The van der Waals surface area contributed by atoms with Crippen LogP contribution in [0.15, 0.2) is 35.9 Å². The maximum absolute atomic E-state index is 12.8. The summed E-state index contributed by atoms with van der Waals surface area (Å²) in [6, 6.07) is 4.85. The number of nitrogens with one attached hydrogen (secondary N) is 1. The van der Waals surface area contributed by atoms with Crippen molar-refractivity contribution in [3.8, 4) is 0 Å². The largest absolute Gasteiger partial charge is 0.446 e. The van der Waals surface area contributed by atoms with Crippen molar-refractivity contribution in [1.82, 2.24) is 5.32 Å². The van der Waals surface area contributed by atoms with Crippen molar-refractivity contribution in [2.75, 3.05) is 6.61 Å². The van der Waals surface area contributed by atoms with Crippen molar-refractivity contribution in [3.63, 3.8) is 0 Å². The fourth-order valence-corrected chi connectivity index (χ4v) is 10.9. The number of fused-ring (bicyclic) bond motifs is 7. The van der Waals surface area contributed by atoms with Gasteiger partial charge in [-0.15, -0.1) is 0 Å². The Bertz CT molecular complexity index is 1290. The molecule has 0 aromatic heterocycles. The van der Waals surface area contributed by atoms with Crippen LogP contribution in [0, 0.1) is 46.3 Å². The van der Waals surface area contributed by atoms with Crippen LogP contribution in [-0.2, 0) is 26.9 Å². The molecule has 2 heterocycles. The molecule has 0 radical (unpaired) electrons. The van der Waals surface area contributed by atoms with Gasteiger partial charge in [0.25, 0.3) is 0 Å². The molecule has 6 aliphatic rings. The number of hydrogen-bond donors (Lipinski definition) is 1. The van der Waals surface area contributed by atoms with Crippen LogP contribution < -0.4 is 5.32 Å². The number of ether oxygens (including phenoxy) is 3. The van der Waals surface area contributed by atoms with Gasteiger partial charge in [-0.3, -0.25) is 0 Å². The monoisotopic (exact) mass is 615 g/mol. The Morgan fingerprint density at radius 2 is 1.82 bits per heavy atom. The average Bonchev–Trinajstić information content (AvgIpc) is 3.43. The smallest absolute Gasteiger partial charge is 0.416 e. The summed E-state index contributed by atoms with van der Waals surface area (Å²) < 4.78 is 57.8. The number of carbonyl (C=O) groups is 1. The van der Waals surface area contributed by atoms with Crippen LogP contribution in [0.25, 0.3) is 0 Å². The van der Waals surface area contributed by atoms with Crippen LogP contribution >= 0.6 is 0 Å². The number of allylic oxidation sites excluding steroid dienone is 1. The van der Waals surface area contributed by atoms with Crippen molar-refractivity contribution in [1.29, 1.82) is 0 Å². The van der Waals surface area contributed by atoms with Crippen molar-refractivity contribution < 1.29 is 32.2 Å². The second-order valence-electron chi connectivity index (χ2n) is 15.6. The van der Waals surface area contributed by atoms with E-state index in [0.717, 1.165) is 57.3 Å². The number of hydrogen-bond acceptors (Lipinski definition) is 4. The summed E-state index contributed by atoms with van der Waals surface area (Å²) in [5, 5.41) is 2.72. The molecule has 1 spiro atoms. The molecule has 0 bridgehead atoms. The summed E-state index contributed by atoms with van der Waals surface area (Å²) in [5.41, 5.74) is 1.77. The molecular formula is C36H48F3NO4. The zero-order valence-corrected chi connectivity index (χ0v) is 26.6. The summed E-state index contributed by atoms with van der Waals surface area (Å²) in [6.07, 6.45) is 7.26. The first-order valence-electron chi connectivity index (χ1n) is 16.9. The first-order chi connectivity index (χ1) is 20.8. The third kappa shape index (κ3) is 4.92. The Balaban J connectivity index is 0.977. The fourth-order valence-electron chi connectivity index (χ4n) is 10.9. The Kier molecular flexibility index (Phi) is 7.47. The zero-order valence-electron chi connectivity index (χ0n) is 26.6. The van der Waals surface area contributed by atoms with Gasteiger partial charge in [0.05, 0.1) is 18.3 Å². The van der Waals surface area contributed by atoms with E-state index in [1.165, 1.54) is 37.0 Å². The SMILES string of the molecule is C[C@@H]1CC[C@@]2(OC1)O[C@H]1C[C@H]3[C@@H]4CC=C5C[C@@H](OC(=O)NCc6ccc(C(F)(F)F)cc6)CC[C@]5(C)[C@H]4CC[C@]3(C)[C@H]1[C@@H]2C. The molecule has 1 N–H and O–H groups in total. The van der Waals surface area contributed by atoms with E-state index in [4.69, 9.17) is 14.2 Å². The third-order valence-corrected chi connectivity index (χ3v) is 13.3. The van der Waals surface area contributed by atoms with Crippen LogP contribution in [0.4, 0.5) is 18.0 Å². The van der Waals surface area contributed by atoms with E-state index in [1.54, 1.807) is 0 Å². The van der Waals surface area contributed by atoms with Crippen LogP contribution in [0.5, 0.6) is 0 Å². The molecule has 44 heavy (non-hydrogen) atoms. The highest BCUT2D eigenvalue weighted by Gasteiger charge is 2.68. The lowest BCUT2D eigenvalue weighted by molar-refractivity contribution is -0.272. The lowest BCUT2D eigenvalue weighted by Crippen LogP contribution is -2.52. The summed E-state index contributed by atoms with van der Waals surface area (Å²) in [4.78, 5) is 12.6. The van der Waals surface area contributed by atoms with E-state index in [0.29, 0.717) is 47.2 Å². The van der Waals surface area contributed by atoms with Crippen molar-refractivity contribution in [2.45, 2.75) is 116 Å². The quantitative estimate of drug-likeness (QED) is 0.346. The summed E-state index contributed by atoms with van der Waals surface area (Å²) in [7, 11) is 0. The highest BCUT2D eigenvalue weighted by molar-refractivity contribution is 5.67. The fraction of sp³-hybridized carbons (Fsp3) is 0.750. The molecular weight excluding hydrogens is 567 g/mol. The number of carbonyl (C=O) groups excluding carboxylic acids is 1. The van der Waals surface area contributed by atoms with Gasteiger partial charge < -0.3 is 19.5 Å². The molecule has 1 aromatic rings. The molecule has 1 aromatic carbocycles. The molecule has 3 saturated carbocycles. The summed E-state index contributed by atoms with van der Waals surface area (Å²) >= 11 is 0. The Hall–Kier alpha value is -2.06. The lowest BCUT2D eigenvalue weighted by atomic mass is 9.47. The van der Waals surface area contributed by atoms with Crippen molar-refractivity contribution in [3.05, 3.63) is 47.0 Å². The molecule has 0 unspecified atom stereocenters. The maximum Gasteiger partial charge on any atom is 0.416 e. The maximum atomic E-state index is 12.8. The number of amides is 1. The van der Waals surface area contributed by atoms with Gasteiger partial charge in [-0.2, -0.15) is 13.2 Å². The van der Waals surface area contributed by atoms with Crippen LogP contribution in [0.1, 0.15) is 96.6 Å². The summed E-state index contributed by atoms with van der Waals surface area (Å²) in [5.74, 6) is 3.20. The number of rotatable bonds is 3. The average molecular weight is 616 g/mol. The molecule has 5 nitrogen and oxygen atoms in total. The Morgan fingerprint density at radius 3 is 2.52 bits per heavy atom. The first kappa shape index (κ1) is 30.6. The van der Waals surface area contributed by atoms with Crippen LogP contribution in [-0.4, -0.2) is 30.7 Å². The second-order valence-corrected chi connectivity index (χ2v) is 15.6. The van der Waals surface area contributed by atoms with E-state index in [2.05, 4.69) is 39.1 Å². The molecule has 11 atom stereocenters. The topological polar surface area (TPSA) is 56.8 Å². The lowest BCUT2D eigenvalue weighted by Gasteiger charge is -2.58. The van der Waals surface area contributed by atoms with Gasteiger partial charge in [-0.25, -0.2) is 4.79 Å². The minimum atomic E-state index is -4.37. The van der Waals surface area contributed by atoms with Crippen LogP contribution in [0.3, 0.4) is 0 Å². The summed E-state index contributed by atoms with van der Waals surface area (Å²) in [6.45, 7) is 10.6. The normalized spacial score (nSPS) is 44.7. The second kappa shape index (κ2) is 10.8. The molecule has 2 aliphatic heterocycles. The minimum absolute atomic E-state index is 0.130. The zero-order chi connectivity index (χ0) is 31.1. The van der Waals surface area contributed by atoms with Gasteiger partial charge in [-0.05, 0) is 103 Å². The highest BCUT2D eigenvalue weighted by Crippen LogP contribution is 2.70. The predicted octanol–water partition coefficient (Wildman–Crippen LogP) is 8.67. The van der Waals surface area contributed by atoms with Gasteiger partial charge in [0.2, 0.25) is 0 Å². The van der Waals surface area contributed by atoms with Crippen LogP contribution in [0.2, 0.25) is 0 Å². The Labute approximate surface area is 259 Å². The van der Waals surface area contributed by atoms with Gasteiger partial charge >= 0.3 is 12.3 Å². The number of halogens is 3. The minimum Gasteiger partial charge on any atom is -0.446 e.